The normalized spacial score (nSPS) is 16.2. The van der Waals surface area contributed by atoms with Crippen LogP contribution < -0.4 is 4.74 Å². The topological polar surface area (TPSA) is 70.1 Å². The first-order chi connectivity index (χ1) is 14.8. The van der Waals surface area contributed by atoms with E-state index in [9.17, 15) is 14.7 Å². The lowest BCUT2D eigenvalue weighted by Crippen LogP contribution is -2.57. The number of carbonyl (C=O) groups excluding carboxylic acids is 2. The fraction of sp³-hybridized carbons (Fsp3) is 0.273. The van der Waals surface area contributed by atoms with Gasteiger partial charge in [-0.1, -0.05) is 41.4 Å². The van der Waals surface area contributed by atoms with Gasteiger partial charge < -0.3 is 19.6 Å². The predicted octanol–water partition coefficient (Wildman–Crippen LogP) is 4.15. The lowest BCUT2D eigenvalue weighted by molar-refractivity contribution is -0.131. The quantitative estimate of drug-likeness (QED) is 0.649. The van der Waals surface area contributed by atoms with Gasteiger partial charge in [-0.05, 0) is 30.3 Å². The Kier molecular flexibility index (Phi) is 7.49. The Labute approximate surface area is 195 Å². The van der Waals surface area contributed by atoms with Gasteiger partial charge in [0.05, 0.1) is 30.3 Å². The predicted molar refractivity (Wildman–Crippen MR) is 122 cm³/mol. The maximum absolute atomic E-state index is 13.4. The zero-order valence-corrected chi connectivity index (χ0v) is 19.0. The molecule has 1 unspecified atom stereocenters. The Morgan fingerprint density at radius 2 is 1.87 bits per heavy atom. The second kappa shape index (κ2) is 9.92. The SMILES string of the molecule is C=CC(=O)N1CCN(C(=O)c2cc(-c3cc(Cl)ccc3Cl)c(Cl)cc2OC)CC1CO. The van der Waals surface area contributed by atoms with E-state index in [0.29, 0.717) is 38.5 Å². The number of nitrogens with zero attached hydrogens (tertiary/aromatic N) is 2. The minimum absolute atomic E-state index is 0.175. The highest BCUT2D eigenvalue weighted by molar-refractivity contribution is 6.38. The van der Waals surface area contributed by atoms with E-state index in [0.717, 1.165) is 0 Å². The van der Waals surface area contributed by atoms with Gasteiger partial charge in [-0.3, -0.25) is 9.59 Å². The molecular formula is C22H21Cl3N2O4. The van der Waals surface area contributed by atoms with Crippen molar-refractivity contribution >= 4 is 46.6 Å². The van der Waals surface area contributed by atoms with Crippen LogP contribution in [0, 0.1) is 0 Å². The van der Waals surface area contributed by atoms with E-state index in [-0.39, 0.29) is 37.1 Å². The first-order valence-electron chi connectivity index (χ1n) is 9.46. The molecule has 1 N–H and O–H groups in total. The molecule has 2 amide bonds. The average molecular weight is 484 g/mol. The van der Waals surface area contributed by atoms with E-state index < -0.39 is 6.04 Å². The molecule has 1 atom stereocenters. The second-order valence-corrected chi connectivity index (χ2v) is 8.23. The maximum Gasteiger partial charge on any atom is 0.257 e. The Bertz CT molecular complexity index is 1030. The Hall–Kier alpha value is -2.25. The van der Waals surface area contributed by atoms with Crippen LogP contribution in [-0.4, -0.2) is 66.1 Å². The molecule has 164 valence electrons. The molecule has 31 heavy (non-hydrogen) atoms. The van der Waals surface area contributed by atoms with Crippen LogP contribution in [0.25, 0.3) is 11.1 Å². The van der Waals surface area contributed by atoms with Crippen LogP contribution in [0.2, 0.25) is 15.1 Å². The fourth-order valence-electron chi connectivity index (χ4n) is 3.58. The summed E-state index contributed by atoms with van der Waals surface area (Å²) in [5, 5.41) is 11.0. The monoisotopic (exact) mass is 482 g/mol. The van der Waals surface area contributed by atoms with E-state index in [2.05, 4.69) is 6.58 Å². The van der Waals surface area contributed by atoms with E-state index in [1.54, 1.807) is 35.2 Å². The second-order valence-electron chi connectivity index (χ2n) is 6.98. The number of piperazine rings is 1. The highest BCUT2D eigenvalue weighted by Crippen LogP contribution is 2.39. The first-order valence-corrected chi connectivity index (χ1v) is 10.6. The summed E-state index contributed by atoms with van der Waals surface area (Å²) < 4.78 is 5.39. The number of carbonyl (C=O) groups is 2. The number of benzene rings is 2. The van der Waals surface area contributed by atoms with Gasteiger partial charge in [-0.15, -0.1) is 0 Å². The summed E-state index contributed by atoms with van der Waals surface area (Å²) in [7, 11) is 1.45. The van der Waals surface area contributed by atoms with Gasteiger partial charge in [-0.25, -0.2) is 0 Å². The summed E-state index contributed by atoms with van der Waals surface area (Å²) in [6, 6.07) is 7.65. The van der Waals surface area contributed by atoms with Crippen molar-refractivity contribution in [3.8, 4) is 16.9 Å². The molecule has 9 heteroatoms. The largest absolute Gasteiger partial charge is 0.496 e. The standard InChI is InChI=1S/C22H21Cl3N2O4/c1-3-21(29)27-7-6-26(11-14(27)12-28)22(30)17-9-16(19(25)10-20(17)31-2)15-8-13(23)4-5-18(15)24/h3-5,8-10,14,28H,1,6-7,11-12H2,2H3. The van der Waals surface area contributed by atoms with E-state index in [1.165, 1.54) is 18.1 Å². The van der Waals surface area contributed by atoms with Crippen LogP contribution in [0.4, 0.5) is 0 Å². The molecule has 0 aromatic heterocycles. The molecule has 0 radical (unpaired) electrons. The molecule has 6 nitrogen and oxygen atoms in total. The number of amides is 2. The summed E-state index contributed by atoms with van der Waals surface area (Å²) in [5.74, 6) is -0.285. The molecular weight excluding hydrogens is 463 g/mol. The highest BCUT2D eigenvalue weighted by Gasteiger charge is 2.32. The Morgan fingerprint density at radius 3 is 2.52 bits per heavy atom. The average Bonchev–Trinajstić information content (AvgIpc) is 2.79. The zero-order valence-electron chi connectivity index (χ0n) is 16.8. The minimum atomic E-state index is -0.525. The van der Waals surface area contributed by atoms with Crippen molar-refractivity contribution in [2.75, 3.05) is 33.4 Å². The van der Waals surface area contributed by atoms with Crippen LogP contribution in [0.15, 0.2) is 43.0 Å². The fourth-order valence-corrected chi connectivity index (χ4v) is 4.22. The zero-order chi connectivity index (χ0) is 22.7. The van der Waals surface area contributed by atoms with Crippen molar-refractivity contribution < 1.29 is 19.4 Å². The molecule has 1 saturated heterocycles. The molecule has 2 aromatic carbocycles. The van der Waals surface area contributed by atoms with Crippen LogP contribution in [0.3, 0.4) is 0 Å². The third-order valence-electron chi connectivity index (χ3n) is 5.18. The van der Waals surface area contributed by atoms with Gasteiger partial charge in [0.1, 0.15) is 5.75 Å². The molecule has 2 aromatic rings. The summed E-state index contributed by atoms with van der Waals surface area (Å²) in [6.07, 6.45) is 1.20. The molecule has 1 heterocycles. The van der Waals surface area contributed by atoms with Gasteiger partial charge in [0.15, 0.2) is 0 Å². The minimum Gasteiger partial charge on any atom is -0.496 e. The number of aliphatic hydroxyl groups is 1. The first kappa shape index (κ1) is 23.4. The molecule has 3 rings (SSSR count). The van der Waals surface area contributed by atoms with Gasteiger partial charge in [0.2, 0.25) is 5.91 Å². The smallest absolute Gasteiger partial charge is 0.257 e. The third-order valence-corrected chi connectivity index (χ3v) is 6.05. The van der Waals surface area contributed by atoms with Crippen molar-refractivity contribution in [1.29, 1.82) is 0 Å². The number of halogens is 3. The van der Waals surface area contributed by atoms with Crippen LogP contribution >= 0.6 is 34.8 Å². The lowest BCUT2D eigenvalue weighted by Gasteiger charge is -2.40. The lowest BCUT2D eigenvalue weighted by atomic mass is 10.0. The van der Waals surface area contributed by atoms with Gasteiger partial charge >= 0.3 is 0 Å². The number of hydrogen-bond donors (Lipinski definition) is 1. The summed E-state index contributed by atoms with van der Waals surface area (Å²) in [5.41, 5.74) is 1.42. The van der Waals surface area contributed by atoms with Crippen molar-refractivity contribution in [2.24, 2.45) is 0 Å². The van der Waals surface area contributed by atoms with Gasteiger partial charge in [0, 0.05) is 46.9 Å². The van der Waals surface area contributed by atoms with Crippen LogP contribution in [0.5, 0.6) is 5.75 Å². The van der Waals surface area contributed by atoms with Crippen molar-refractivity contribution in [3.05, 3.63) is 63.6 Å². The Morgan fingerprint density at radius 1 is 1.16 bits per heavy atom. The van der Waals surface area contributed by atoms with Crippen molar-refractivity contribution in [1.82, 2.24) is 9.80 Å². The molecule has 1 aliphatic rings. The molecule has 0 aliphatic carbocycles. The maximum atomic E-state index is 13.4. The molecule has 0 saturated carbocycles. The van der Waals surface area contributed by atoms with Gasteiger partial charge in [0.25, 0.3) is 5.91 Å². The van der Waals surface area contributed by atoms with Crippen molar-refractivity contribution in [3.63, 3.8) is 0 Å². The third kappa shape index (κ3) is 4.83. The summed E-state index contributed by atoms with van der Waals surface area (Å²) >= 11 is 18.9. The van der Waals surface area contributed by atoms with Crippen LogP contribution in [-0.2, 0) is 4.79 Å². The number of hydrogen-bond acceptors (Lipinski definition) is 4. The van der Waals surface area contributed by atoms with Crippen molar-refractivity contribution in [2.45, 2.75) is 6.04 Å². The van der Waals surface area contributed by atoms with Crippen LogP contribution in [0.1, 0.15) is 10.4 Å². The van der Waals surface area contributed by atoms with Gasteiger partial charge in [-0.2, -0.15) is 0 Å². The summed E-state index contributed by atoms with van der Waals surface area (Å²) in [6.45, 7) is 3.97. The number of rotatable bonds is 5. The van der Waals surface area contributed by atoms with E-state index in [4.69, 9.17) is 39.5 Å². The number of methoxy groups -OCH3 is 1. The molecule has 1 aliphatic heterocycles. The summed E-state index contributed by atoms with van der Waals surface area (Å²) in [4.78, 5) is 28.5. The molecule has 0 spiro atoms. The number of aliphatic hydroxyl groups excluding tert-OH is 1. The highest BCUT2D eigenvalue weighted by atomic mass is 35.5. The van der Waals surface area contributed by atoms with E-state index >= 15 is 0 Å². The molecule has 1 fully saturated rings. The Balaban J connectivity index is 1.98. The molecule has 0 bridgehead atoms. The number of ether oxygens (including phenoxy) is 1. The van der Waals surface area contributed by atoms with E-state index in [1.807, 2.05) is 0 Å².